The van der Waals surface area contributed by atoms with Gasteiger partial charge in [-0.3, -0.25) is 43.4 Å². The summed E-state index contributed by atoms with van der Waals surface area (Å²) < 4.78 is 40.4. The fraction of sp³-hybridized carbons (Fsp3) is 0.438. The van der Waals surface area contributed by atoms with E-state index < -0.39 is 29.7 Å². The number of unbranched alkanes of at least 4 members (excludes halogenated alkanes) is 1. The Morgan fingerprint density at radius 2 is 1.41 bits per heavy atom. The number of benzene rings is 2. The first-order chi connectivity index (χ1) is 34.8. The Bertz CT molecular complexity index is 2560. The summed E-state index contributed by atoms with van der Waals surface area (Å²) in [6, 6.07) is 14.5. The van der Waals surface area contributed by atoms with Crippen molar-refractivity contribution in [2.24, 2.45) is 0 Å². The minimum Gasteiger partial charge on any atom is -0.467 e. The molecule has 5 N–H and O–H groups in total. The van der Waals surface area contributed by atoms with Crippen molar-refractivity contribution in [1.29, 1.82) is 0 Å². The van der Waals surface area contributed by atoms with Crippen LogP contribution in [0.25, 0.3) is 16.8 Å². The maximum absolute atomic E-state index is 13.2. The van der Waals surface area contributed by atoms with Crippen LogP contribution in [0.15, 0.2) is 77.8 Å². The van der Waals surface area contributed by atoms with E-state index in [9.17, 15) is 28.8 Å². The van der Waals surface area contributed by atoms with Crippen LogP contribution in [0.4, 0.5) is 11.6 Å². The predicted octanol–water partition coefficient (Wildman–Crippen LogP) is 2.24. The molecule has 1 saturated heterocycles. The molecule has 0 saturated carbocycles. The van der Waals surface area contributed by atoms with Crippen LogP contribution in [0.1, 0.15) is 62.5 Å². The molecule has 0 bridgehead atoms. The lowest BCUT2D eigenvalue weighted by atomic mass is 10.0. The molecule has 5 heterocycles. The van der Waals surface area contributed by atoms with Crippen molar-refractivity contribution in [1.82, 2.24) is 40.4 Å². The van der Waals surface area contributed by atoms with E-state index in [2.05, 4.69) is 41.8 Å². The summed E-state index contributed by atoms with van der Waals surface area (Å²) >= 11 is 0. The summed E-state index contributed by atoms with van der Waals surface area (Å²) in [6.45, 7) is 6.14. The van der Waals surface area contributed by atoms with Gasteiger partial charge in [0.15, 0.2) is 5.65 Å². The van der Waals surface area contributed by atoms with Crippen LogP contribution in [0.2, 0.25) is 0 Å². The van der Waals surface area contributed by atoms with Gasteiger partial charge in [-0.05, 0) is 61.2 Å². The van der Waals surface area contributed by atoms with Gasteiger partial charge in [-0.25, -0.2) is 4.98 Å². The van der Waals surface area contributed by atoms with E-state index in [0.717, 1.165) is 28.2 Å². The third kappa shape index (κ3) is 14.9. The Balaban J connectivity index is 0.610. The topological polar surface area (TPSA) is 277 Å². The minimum atomic E-state index is -1.07. The molecule has 23 heteroatoms. The van der Waals surface area contributed by atoms with E-state index in [1.54, 1.807) is 47.5 Å². The highest BCUT2D eigenvalue weighted by molar-refractivity contribution is 6.25. The van der Waals surface area contributed by atoms with Crippen LogP contribution in [-0.2, 0) is 49.3 Å². The van der Waals surface area contributed by atoms with Gasteiger partial charge in [0.05, 0.1) is 103 Å². The van der Waals surface area contributed by atoms with Crippen molar-refractivity contribution >= 4 is 52.7 Å². The average Bonchev–Trinajstić information content (AvgIpc) is 4.15. The van der Waals surface area contributed by atoms with Gasteiger partial charge in [0.2, 0.25) is 23.7 Å². The molecule has 378 valence electrons. The molecular formula is C48H58N10O13. The smallest absolute Gasteiger partial charge is 0.264 e. The predicted molar refractivity (Wildman–Crippen MR) is 253 cm³/mol. The molecule has 0 radical (unpaired) electrons. The molecule has 1 atom stereocenters. The molecule has 1 unspecified atom stereocenters. The lowest BCUT2D eigenvalue weighted by Crippen LogP contribution is -2.54. The van der Waals surface area contributed by atoms with Gasteiger partial charge in [-0.1, -0.05) is 18.2 Å². The van der Waals surface area contributed by atoms with E-state index in [1.807, 2.05) is 24.3 Å². The number of furan rings is 1. The van der Waals surface area contributed by atoms with Gasteiger partial charge in [-0.2, -0.15) is 0 Å². The number of imide groups is 2. The molecule has 2 aromatic carbocycles. The largest absolute Gasteiger partial charge is 0.467 e. The maximum atomic E-state index is 13.2. The molecule has 0 aliphatic carbocycles. The summed E-state index contributed by atoms with van der Waals surface area (Å²) in [5, 5.41) is 22.3. The number of hydrogen-bond acceptors (Lipinski definition) is 18. The number of aromatic nitrogens is 4. The number of anilines is 2. The number of carbonyl (C=O) groups excluding carboxylic acids is 6. The molecule has 3 aromatic heterocycles. The van der Waals surface area contributed by atoms with E-state index >= 15 is 0 Å². The first-order valence-electron chi connectivity index (χ1n) is 23.4. The standard InChI is InChI=1S/C48H58N10O13/c59-40-13-12-39(45(62)55-40)58-46(63)36-6-3-7-38(42(36)47(58)64)51-31-41(60)49-14-1-2-16-65-19-21-67-23-25-69-27-28-70-26-24-68-22-20-66-18-15-50-44(61)34-10-8-33(9-11-34)37-30-53-48(57-32-54-56-43(37)57)52-29-35-5-4-17-71-35/h3-11,17,30,32,39,51H,1-2,12-16,18-29,31H2,(H,49,60)(H,50,61)(H,52,53)(H,55,59,62). The van der Waals surface area contributed by atoms with Gasteiger partial charge in [-0.15, -0.1) is 10.2 Å². The number of rotatable bonds is 32. The lowest BCUT2D eigenvalue weighted by molar-refractivity contribution is -0.136. The van der Waals surface area contributed by atoms with Gasteiger partial charge >= 0.3 is 0 Å². The van der Waals surface area contributed by atoms with Crippen LogP contribution >= 0.6 is 0 Å². The summed E-state index contributed by atoms with van der Waals surface area (Å²) in [6.07, 6.45) is 6.44. The summed E-state index contributed by atoms with van der Waals surface area (Å²) in [4.78, 5) is 80.7. The first kappa shape index (κ1) is 51.7. The van der Waals surface area contributed by atoms with Crippen molar-refractivity contribution in [3.8, 4) is 11.1 Å². The zero-order valence-corrected chi connectivity index (χ0v) is 39.2. The van der Waals surface area contributed by atoms with E-state index in [4.69, 9.17) is 32.8 Å². The molecule has 5 aromatic rings. The fourth-order valence-corrected chi connectivity index (χ4v) is 7.53. The molecule has 2 aliphatic heterocycles. The number of fused-ring (bicyclic) bond motifs is 2. The Morgan fingerprint density at radius 3 is 2.08 bits per heavy atom. The fourth-order valence-electron chi connectivity index (χ4n) is 7.53. The normalized spacial score (nSPS) is 14.5. The van der Waals surface area contributed by atoms with Crippen LogP contribution in [0.5, 0.6) is 0 Å². The van der Waals surface area contributed by atoms with E-state index in [0.29, 0.717) is 128 Å². The number of amides is 6. The summed E-state index contributed by atoms with van der Waals surface area (Å²) in [7, 11) is 0. The van der Waals surface area contributed by atoms with Gasteiger partial charge in [0.25, 0.3) is 17.7 Å². The monoisotopic (exact) mass is 982 g/mol. The third-order valence-corrected chi connectivity index (χ3v) is 11.1. The van der Waals surface area contributed by atoms with Crippen molar-refractivity contribution in [3.63, 3.8) is 0 Å². The number of nitrogens with one attached hydrogen (secondary N) is 5. The molecule has 0 spiro atoms. The van der Waals surface area contributed by atoms with Crippen molar-refractivity contribution in [3.05, 3.63) is 95.8 Å². The molecule has 1 fully saturated rings. The van der Waals surface area contributed by atoms with Crippen molar-refractivity contribution in [2.45, 2.75) is 38.3 Å². The highest BCUT2D eigenvalue weighted by Gasteiger charge is 2.45. The Hall–Kier alpha value is -7.15. The highest BCUT2D eigenvalue weighted by Crippen LogP contribution is 2.32. The molecule has 23 nitrogen and oxygen atoms in total. The summed E-state index contributed by atoms with van der Waals surface area (Å²) in [5.74, 6) is -1.54. The average molecular weight is 983 g/mol. The molecular weight excluding hydrogens is 925 g/mol. The number of nitrogens with zero attached hydrogens (tertiary/aromatic N) is 5. The molecule has 6 amide bonds. The molecule has 71 heavy (non-hydrogen) atoms. The van der Waals surface area contributed by atoms with Crippen molar-refractivity contribution in [2.75, 3.05) is 110 Å². The van der Waals surface area contributed by atoms with Crippen LogP contribution in [0.3, 0.4) is 0 Å². The second-order valence-electron chi connectivity index (χ2n) is 16.0. The zero-order chi connectivity index (χ0) is 49.6. The van der Waals surface area contributed by atoms with Gasteiger partial charge < -0.3 is 54.1 Å². The zero-order valence-electron chi connectivity index (χ0n) is 39.2. The second kappa shape index (κ2) is 27.3. The Morgan fingerprint density at radius 1 is 0.718 bits per heavy atom. The number of carbonyl (C=O) groups is 6. The minimum absolute atomic E-state index is 0.0265. The van der Waals surface area contributed by atoms with Gasteiger partial charge in [0.1, 0.15) is 18.1 Å². The maximum Gasteiger partial charge on any atom is 0.264 e. The summed E-state index contributed by atoms with van der Waals surface area (Å²) in [5.41, 5.74) is 3.30. The highest BCUT2D eigenvalue weighted by atomic mass is 16.6. The van der Waals surface area contributed by atoms with E-state index in [1.165, 1.54) is 6.07 Å². The Kier molecular flexibility index (Phi) is 19.9. The SMILES string of the molecule is O=C(CNc1cccc2c1C(=O)N(C1CCC(=O)NC1=O)C2=O)NCCCCOCCOCCOCCOCCOCCOCCNC(=O)c1ccc(-c2cnc(NCc3ccco3)n3cnnc23)cc1. The second-order valence-corrected chi connectivity index (χ2v) is 16.0. The Labute approximate surface area is 408 Å². The number of piperidine rings is 1. The van der Waals surface area contributed by atoms with Gasteiger partial charge in [0, 0.05) is 49.1 Å². The van der Waals surface area contributed by atoms with Crippen molar-refractivity contribution < 1.29 is 61.6 Å². The third-order valence-electron chi connectivity index (χ3n) is 11.1. The van der Waals surface area contributed by atoms with Crippen LogP contribution < -0.4 is 26.6 Å². The van der Waals surface area contributed by atoms with Crippen LogP contribution in [-0.4, -0.2) is 165 Å². The number of hydrogen-bond donors (Lipinski definition) is 5. The quantitative estimate of drug-likeness (QED) is 0.0305. The first-order valence-corrected chi connectivity index (χ1v) is 23.4. The molecule has 7 rings (SSSR count). The number of ether oxygens (including phenoxy) is 6. The van der Waals surface area contributed by atoms with Crippen LogP contribution in [0, 0.1) is 0 Å². The lowest BCUT2D eigenvalue weighted by Gasteiger charge is -2.27. The van der Waals surface area contributed by atoms with E-state index in [-0.39, 0.29) is 42.3 Å². The molecule has 2 aliphatic rings.